The third-order valence-electron chi connectivity index (χ3n) is 5.20. The molecule has 2 aromatic heterocycles. The van der Waals surface area contributed by atoms with E-state index in [0.717, 1.165) is 5.75 Å². The second-order valence-corrected chi connectivity index (χ2v) is 9.71. The van der Waals surface area contributed by atoms with Gasteiger partial charge in [-0.25, -0.2) is 9.07 Å². The molecule has 176 valence electrons. The van der Waals surface area contributed by atoms with Gasteiger partial charge in [0.25, 0.3) is 5.91 Å². The number of amides is 1. The van der Waals surface area contributed by atoms with Crippen molar-refractivity contribution in [1.29, 1.82) is 0 Å². The summed E-state index contributed by atoms with van der Waals surface area (Å²) in [7, 11) is 0. The Morgan fingerprint density at radius 1 is 1.06 bits per heavy atom. The fraction of sp³-hybridized carbons (Fsp3) is 0.240. The van der Waals surface area contributed by atoms with E-state index in [0.29, 0.717) is 15.9 Å². The van der Waals surface area contributed by atoms with Gasteiger partial charge in [-0.15, -0.1) is 0 Å². The van der Waals surface area contributed by atoms with Gasteiger partial charge in [0.15, 0.2) is 18.2 Å². The Hall–Kier alpha value is -3.46. The molecule has 0 spiro atoms. The highest BCUT2D eigenvalue weighted by atomic mass is 79.9. The predicted molar refractivity (Wildman–Crippen MR) is 131 cm³/mol. The zero-order chi connectivity index (χ0) is 24.3. The van der Waals surface area contributed by atoms with E-state index in [1.807, 2.05) is 24.3 Å². The lowest BCUT2D eigenvalue weighted by Crippen LogP contribution is -2.15. The van der Waals surface area contributed by atoms with Crippen LogP contribution in [0.1, 0.15) is 42.4 Å². The van der Waals surface area contributed by atoms with Crippen molar-refractivity contribution in [2.24, 2.45) is 0 Å². The van der Waals surface area contributed by atoms with Gasteiger partial charge >= 0.3 is 0 Å². The zero-order valence-corrected chi connectivity index (χ0v) is 20.7. The molecule has 4 aromatic rings. The molecule has 0 unspecified atom stereocenters. The second-order valence-electron chi connectivity index (χ2n) is 8.86. The van der Waals surface area contributed by atoms with E-state index in [1.165, 1.54) is 11.6 Å². The van der Waals surface area contributed by atoms with E-state index in [9.17, 15) is 9.18 Å². The summed E-state index contributed by atoms with van der Waals surface area (Å²) in [5, 5.41) is 11.3. The number of anilines is 1. The molecule has 2 heterocycles. The number of benzene rings is 2. The van der Waals surface area contributed by atoms with Crippen LogP contribution in [0.2, 0.25) is 0 Å². The monoisotopic (exact) mass is 525 g/mol. The summed E-state index contributed by atoms with van der Waals surface area (Å²) < 4.78 is 23.4. The largest absolute Gasteiger partial charge is 0.471 e. The second kappa shape index (κ2) is 9.80. The molecule has 9 heteroatoms. The van der Waals surface area contributed by atoms with Gasteiger partial charge in [0.2, 0.25) is 0 Å². The molecule has 0 saturated carbocycles. The van der Waals surface area contributed by atoms with Gasteiger partial charge in [-0.1, -0.05) is 51.1 Å². The van der Waals surface area contributed by atoms with E-state index in [2.05, 4.69) is 52.2 Å². The summed E-state index contributed by atoms with van der Waals surface area (Å²) in [4.78, 5) is 12.6. The van der Waals surface area contributed by atoms with Gasteiger partial charge in [0.05, 0.1) is 11.0 Å². The number of rotatable bonds is 7. The highest BCUT2D eigenvalue weighted by Crippen LogP contribution is 2.24. The predicted octanol–water partition coefficient (Wildman–Crippen LogP) is 5.62. The van der Waals surface area contributed by atoms with E-state index in [1.54, 1.807) is 46.0 Å². The van der Waals surface area contributed by atoms with Crippen molar-refractivity contribution in [3.63, 3.8) is 0 Å². The number of carbonyl (C=O) groups excluding carboxylic acids is 1. The summed E-state index contributed by atoms with van der Waals surface area (Å²) in [6.07, 6.45) is 3.35. The number of halogens is 2. The van der Waals surface area contributed by atoms with Gasteiger partial charge in [-0.3, -0.25) is 9.48 Å². The van der Waals surface area contributed by atoms with Gasteiger partial charge in [0, 0.05) is 18.0 Å². The van der Waals surface area contributed by atoms with Crippen LogP contribution in [0.15, 0.2) is 71.5 Å². The molecule has 0 bridgehead atoms. The van der Waals surface area contributed by atoms with Crippen molar-refractivity contribution >= 4 is 27.7 Å². The van der Waals surface area contributed by atoms with Crippen LogP contribution in [-0.2, 0) is 18.7 Å². The van der Waals surface area contributed by atoms with Crippen molar-refractivity contribution in [3.05, 3.63) is 94.1 Å². The number of hydrogen-bond donors (Lipinski definition) is 1. The molecule has 0 aliphatic rings. The fourth-order valence-electron chi connectivity index (χ4n) is 3.28. The van der Waals surface area contributed by atoms with Gasteiger partial charge in [0.1, 0.15) is 11.6 Å². The lowest BCUT2D eigenvalue weighted by atomic mass is 9.87. The van der Waals surface area contributed by atoms with Crippen LogP contribution in [-0.4, -0.2) is 25.5 Å². The minimum atomic E-state index is -0.412. The van der Waals surface area contributed by atoms with Crippen molar-refractivity contribution < 1.29 is 13.9 Å². The highest BCUT2D eigenvalue weighted by Gasteiger charge is 2.16. The first-order chi connectivity index (χ1) is 16.2. The van der Waals surface area contributed by atoms with E-state index >= 15 is 0 Å². The molecule has 0 radical (unpaired) electrons. The first-order valence-corrected chi connectivity index (χ1v) is 11.5. The Morgan fingerprint density at radius 2 is 1.79 bits per heavy atom. The summed E-state index contributed by atoms with van der Waals surface area (Å²) in [6, 6.07) is 16.0. The Morgan fingerprint density at radius 3 is 2.50 bits per heavy atom. The van der Waals surface area contributed by atoms with Gasteiger partial charge in [-0.2, -0.15) is 10.2 Å². The fourth-order valence-corrected chi connectivity index (χ4v) is 3.70. The Kier molecular flexibility index (Phi) is 6.83. The summed E-state index contributed by atoms with van der Waals surface area (Å²) in [5.74, 6) is 0.327. The molecule has 0 fully saturated rings. The standard InChI is InChI=1S/C25H25BrFN5O2/c1-25(2,3)18-8-10-19(11-9-18)34-16-31-13-12-22(29-31)24(33)28-23-20(26)15-32(30-23)14-17-6-4-5-7-21(17)27/h4-13,15H,14,16H2,1-3H3,(H,28,30,33). The Labute approximate surface area is 205 Å². The van der Waals surface area contributed by atoms with Crippen molar-refractivity contribution in [3.8, 4) is 5.75 Å². The van der Waals surface area contributed by atoms with Crippen LogP contribution in [0.3, 0.4) is 0 Å². The minimum Gasteiger partial charge on any atom is -0.471 e. The van der Waals surface area contributed by atoms with Gasteiger partial charge < -0.3 is 10.1 Å². The Bertz CT molecular complexity index is 1290. The SMILES string of the molecule is CC(C)(C)c1ccc(OCn2ccc(C(=O)Nc3nn(Cc4ccccc4F)cc3Br)n2)cc1. The van der Waals surface area contributed by atoms with E-state index < -0.39 is 5.91 Å². The first-order valence-electron chi connectivity index (χ1n) is 10.7. The Balaban J connectivity index is 1.35. The van der Waals surface area contributed by atoms with Crippen molar-refractivity contribution in [1.82, 2.24) is 19.6 Å². The third kappa shape index (κ3) is 5.72. The highest BCUT2D eigenvalue weighted by molar-refractivity contribution is 9.10. The number of nitrogens with one attached hydrogen (secondary N) is 1. The molecule has 7 nitrogen and oxygen atoms in total. The maximum Gasteiger partial charge on any atom is 0.277 e. The van der Waals surface area contributed by atoms with Crippen LogP contribution in [0.5, 0.6) is 5.75 Å². The molecule has 2 aromatic carbocycles. The van der Waals surface area contributed by atoms with Crippen LogP contribution in [0.25, 0.3) is 0 Å². The molecule has 1 N–H and O–H groups in total. The molecular weight excluding hydrogens is 501 g/mol. The lowest BCUT2D eigenvalue weighted by molar-refractivity contribution is 0.101. The number of nitrogens with zero attached hydrogens (tertiary/aromatic N) is 4. The van der Waals surface area contributed by atoms with E-state index in [-0.39, 0.29) is 30.2 Å². The van der Waals surface area contributed by atoms with E-state index in [4.69, 9.17) is 4.74 Å². The number of hydrogen-bond acceptors (Lipinski definition) is 4. The van der Waals surface area contributed by atoms with Crippen LogP contribution < -0.4 is 10.1 Å². The van der Waals surface area contributed by atoms with Crippen LogP contribution >= 0.6 is 15.9 Å². The quantitative estimate of drug-likeness (QED) is 0.340. The summed E-state index contributed by atoms with van der Waals surface area (Å²) in [5.41, 5.74) is 2.02. The first kappa shape index (κ1) is 23.7. The average Bonchev–Trinajstić information content (AvgIpc) is 3.40. The average molecular weight is 526 g/mol. The maximum absolute atomic E-state index is 13.9. The van der Waals surface area contributed by atoms with Gasteiger partial charge in [-0.05, 0) is 51.2 Å². The normalized spacial score (nSPS) is 11.4. The zero-order valence-electron chi connectivity index (χ0n) is 19.1. The van der Waals surface area contributed by atoms with Crippen LogP contribution in [0, 0.1) is 5.82 Å². The summed E-state index contributed by atoms with van der Waals surface area (Å²) >= 11 is 3.39. The minimum absolute atomic E-state index is 0.0747. The molecule has 0 aliphatic heterocycles. The molecule has 0 saturated heterocycles. The topological polar surface area (TPSA) is 74.0 Å². The number of ether oxygens (including phenoxy) is 1. The third-order valence-corrected chi connectivity index (χ3v) is 5.78. The maximum atomic E-state index is 13.9. The molecule has 0 aliphatic carbocycles. The van der Waals surface area contributed by atoms with Crippen molar-refractivity contribution in [2.75, 3.05) is 5.32 Å². The molecule has 1 amide bonds. The molecule has 4 rings (SSSR count). The van der Waals surface area contributed by atoms with Crippen LogP contribution in [0.4, 0.5) is 10.2 Å². The molecular formula is C25H25BrFN5O2. The lowest BCUT2D eigenvalue weighted by Gasteiger charge is -2.19. The molecule has 0 atom stereocenters. The van der Waals surface area contributed by atoms with Crippen molar-refractivity contribution in [2.45, 2.75) is 39.5 Å². The smallest absolute Gasteiger partial charge is 0.277 e. The summed E-state index contributed by atoms with van der Waals surface area (Å²) in [6.45, 7) is 6.88. The number of carbonyl (C=O) groups is 1. The number of aromatic nitrogens is 4. The molecule has 34 heavy (non-hydrogen) atoms.